The van der Waals surface area contributed by atoms with E-state index in [2.05, 4.69) is 28.3 Å². The Morgan fingerprint density at radius 1 is 0.841 bits per heavy atom. The lowest BCUT2D eigenvalue weighted by atomic mass is 9.96. The van der Waals surface area contributed by atoms with Crippen LogP contribution in [0.1, 0.15) is 27.0 Å². The largest absolute Gasteiger partial charge is 0.490 e. The zero-order valence-corrected chi connectivity index (χ0v) is 33.3. The summed E-state index contributed by atoms with van der Waals surface area (Å²) < 4.78 is 153. The minimum atomic E-state index is -6.30. The number of azide groups is 1. The molecule has 2 fully saturated rings. The number of ether oxygens (including phenoxy) is 7. The second-order valence-corrected chi connectivity index (χ2v) is 15.2. The lowest BCUT2D eigenvalue weighted by Gasteiger charge is -2.44. The molecule has 0 spiro atoms. The molecule has 2 aliphatic heterocycles. The molecule has 63 heavy (non-hydrogen) atoms. The predicted molar refractivity (Wildman–Crippen MR) is 177 cm³/mol. The van der Waals surface area contributed by atoms with Crippen LogP contribution < -0.4 is 16.6 Å². The molecule has 352 valence electrons. The molecule has 3 rings (SSSR count). The van der Waals surface area contributed by atoms with Crippen LogP contribution in [-0.4, -0.2) is 136 Å². The third-order valence-corrected chi connectivity index (χ3v) is 10.1. The average Bonchev–Trinajstić information content (AvgIpc) is 3.45. The summed E-state index contributed by atoms with van der Waals surface area (Å²) >= 11 is 0. The number of phosphoric acid groups is 2. The summed E-state index contributed by atoms with van der Waals surface area (Å²) in [7, 11) is -12.6. The molecule has 11 atom stereocenters. The Morgan fingerprint density at radius 3 is 1.90 bits per heavy atom. The van der Waals surface area contributed by atoms with E-state index >= 15 is 0 Å². The Balaban J connectivity index is 2.01. The second kappa shape index (κ2) is 20.8. The molecule has 1 amide bonds. The Morgan fingerprint density at radius 2 is 1.38 bits per heavy atom. The van der Waals surface area contributed by atoms with Crippen LogP contribution in [0.15, 0.2) is 27.0 Å². The van der Waals surface area contributed by atoms with E-state index in [1.807, 2.05) is 5.32 Å². The second-order valence-electron chi connectivity index (χ2n) is 12.2. The summed E-state index contributed by atoms with van der Waals surface area (Å²) in [6, 6.07) is -1.64. The molecule has 1 aromatic rings. The number of H-pyrrole nitrogens is 1. The number of carbonyl (C=O) groups is 6. The fourth-order valence-corrected chi connectivity index (χ4v) is 7.45. The van der Waals surface area contributed by atoms with Crippen molar-refractivity contribution < 1.29 is 121 Å². The van der Waals surface area contributed by atoms with Crippen molar-refractivity contribution in [2.75, 3.05) is 19.8 Å². The normalized spacial score (nSPS) is 26.7. The summed E-state index contributed by atoms with van der Waals surface area (Å²) in [6.07, 6.45) is -30.8. The van der Waals surface area contributed by atoms with E-state index < -0.39 is 150 Å². The Bertz CT molecular complexity index is 2180. The van der Waals surface area contributed by atoms with Gasteiger partial charge in [-0.25, -0.2) is 23.5 Å². The maximum atomic E-state index is 13.3. The number of halogens is 6. The van der Waals surface area contributed by atoms with Crippen molar-refractivity contribution in [1.82, 2.24) is 14.9 Å². The van der Waals surface area contributed by atoms with Gasteiger partial charge in [0.1, 0.15) is 31.4 Å². The molecule has 2 aliphatic rings. The highest BCUT2D eigenvalue weighted by molar-refractivity contribution is 7.61. The van der Waals surface area contributed by atoms with Crippen molar-refractivity contribution in [2.24, 2.45) is 5.11 Å². The monoisotopic (exact) mass is 966 g/mol. The molecule has 2 saturated heterocycles. The molecule has 3 heterocycles. The first kappa shape index (κ1) is 51.9. The van der Waals surface area contributed by atoms with Gasteiger partial charge in [0.15, 0.2) is 36.9 Å². The fraction of sp³-hybridized carbons (Fsp3) is 0.630. The van der Waals surface area contributed by atoms with Gasteiger partial charge in [-0.05, 0) is 5.53 Å². The van der Waals surface area contributed by atoms with Crippen LogP contribution in [0.25, 0.3) is 10.4 Å². The van der Waals surface area contributed by atoms with Gasteiger partial charge in [-0.2, -0.15) is 30.7 Å². The van der Waals surface area contributed by atoms with E-state index in [-0.39, 0.29) is 4.57 Å². The van der Waals surface area contributed by atoms with Gasteiger partial charge in [0.05, 0.1) is 6.61 Å². The van der Waals surface area contributed by atoms with Gasteiger partial charge in [0.2, 0.25) is 5.91 Å². The average molecular weight is 966 g/mol. The highest BCUT2D eigenvalue weighted by Crippen LogP contribution is 2.61. The lowest BCUT2D eigenvalue weighted by molar-refractivity contribution is -0.259. The highest BCUT2D eigenvalue weighted by atomic mass is 31.3. The molecule has 4 N–H and O–H groups in total. The number of amides is 1. The molecule has 0 radical (unpaired) electrons. The van der Waals surface area contributed by atoms with Crippen LogP contribution >= 0.6 is 15.6 Å². The van der Waals surface area contributed by atoms with Gasteiger partial charge < -0.3 is 48.3 Å². The zero-order chi connectivity index (χ0) is 47.8. The number of aromatic amines is 1. The minimum absolute atomic E-state index is 0.116. The summed E-state index contributed by atoms with van der Waals surface area (Å²) in [5, 5.41) is 4.98. The molecule has 36 heteroatoms. The highest BCUT2D eigenvalue weighted by Gasteiger charge is 2.58. The predicted octanol–water partition coefficient (Wildman–Crippen LogP) is -0.421. The first-order chi connectivity index (χ1) is 28.9. The van der Waals surface area contributed by atoms with Crippen LogP contribution in [0.3, 0.4) is 0 Å². The first-order valence-corrected chi connectivity index (χ1v) is 19.6. The number of alkyl halides is 6. The third kappa shape index (κ3) is 15.1. The number of carbonyl (C=O) groups excluding carboxylic acids is 6. The zero-order valence-electron chi connectivity index (χ0n) is 31.5. The standard InChI is InChI=1S/C27H30F6N6O22P2/c1-9(40)52-7-12-17(54-10(2)41)19(55-11(3)42)16(36-15(44)6-35-38-34)22(57-12)60-63(50,51)61-62(48,49)53-8-13-18(58-23(45)26(28,29)30)20(59-24(46)27(31,32)33)21(56-13)39-5-4-14(43)37-25(39)47/h4-5,12-13,16-22H,6-8H2,1-3H3,(H,36,44)(H,48,49)(H,50,51)(H,37,43,47)/t12?,13-,16?,17+,18?,19?,20?,21-,22-/m1/s1. The topological polar surface area (TPSA) is 385 Å². The van der Waals surface area contributed by atoms with Gasteiger partial charge in [0, 0.05) is 37.9 Å². The van der Waals surface area contributed by atoms with E-state index in [0.717, 1.165) is 20.8 Å². The van der Waals surface area contributed by atoms with Crippen molar-refractivity contribution in [2.45, 2.75) is 88.3 Å². The Kier molecular flexibility index (Phi) is 17.2. The molecule has 0 saturated carbocycles. The van der Waals surface area contributed by atoms with Crippen LogP contribution in [-0.2, 0) is 84.4 Å². The van der Waals surface area contributed by atoms with E-state index in [1.165, 1.54) is 0 Å². The summed E-state index contributed by atoms with van der Waals surface area (Å²) in [5.74, 6) is -11.0. The van der Waals surface area contributed by atoms with Crippen molar-refractivity contribution in [1.29, 1.82) is 0 Å². The summed E-state index contributed by atoms with van der Waals surface area (Å²) in [6.45, 7) is -1.31. The first-order valence-electron chi connectivity index (χ1n) is 16.6. The summed E-state index contributed by atoms with van der Waals surface area (Å²) in [4.78, 5) is 121. The SMILES string of the molecule is CC(=O)OCC1O[C@H](OP(=O)(O)OP(=O)(O)OC[C@H]2O[C@@H](n3ccc(=O)[nH]c3=O)C(OC(=O)C(F)(F)F)C2OC(=O)C(F)(F)F)C(NC(=O)CN=[N+]=[N-])C(OC(C)=O)[C@H]1OC(C)=O. The van der Waals surface area contributed by atoms with Gasteiger partial charge >= 0.3 is 63.5 Å². The van der Waals surface area contributed by atoms with Crippen molar-refractivity contribution in [3.63, 3.8) is 0 Å². The van der Waals surface area contributed by atoms with Gasteiger partial charge in [-0.1, -0.05) is 5.11 Å². The van der Waals surface area contributed by atoms with Crippen molar-refractivity contribution in [3.05, 3.63) is 43.5 Å². The van der Waals surface area contributed by atoms with E-state index in [9.17, 15) is 83.6 Å². The summed E-state index contributed by atoms with van der Waals surface area (Å²) in [5.41, 5.74) is 5.86. The maximum absolute atomic E-state index is 13.3. The molecule has 1 aromatic heterocycles. The molecular weight excluding hydrogens is 936 g/mol. The third-order valence-electron chi connectivity index (χ3n) is 7.51. The number of rotatable bonds is 17. The maximum Gasteiger partial charge on any atom is 0.490 e. The van der Waals surface area contributed by atoms with Crippen LogP contribution in [0, 0.1) is 0 Å². The van der Waals surface area contributed by atoms with E-state index in [1.54, 1.807) is 4.98 Å². The van der Waals surface area contributed by atoms with Crippen LogP contribution in [0.4, 0.5) is 26.3 Å². The molecule has 28 nitrogen and oxygen atoms in total. The molecule has 0 aliphatic carbocycles. The quantitative estimate of drug-likeness (QED) is 0.0293. The fourth-order valence-electron chi connectivity index (χ4n) is 5.29. The minimum Gasteiger partial charge on any atom is -0.463 e. The molecule has 7 unspecified atom stereocenters. The van der Waals surface area contributed by atoms with Crippen LogP contribution in [0.2, 0.25) is 0 Å². The van der Waals surface area contributed by atoms with Crippen molar-refractivity contribution >= 4 is 51.4 Å². The molecular formula is C27H30F6N6O22P2. The number of nitrogens with zero attached hydrogens (tertiary/aromatic N) is 4. The van der Waals surface area contributed by atoms with Crippen LogP contribution in [0.5, 0.6) is 0 Å². The van der Waals surface area contributed by atoms with Gasteiger partial charge in [-0.3, -0.25) is 42.6 Å². The number of phosphoric ester groups is 2. The van der Waals surface area contributed by atoms with Crippen molar-refractivity contribution in [3.8, 4) is 0 Å². The number of hydrogen-bond donors (Lipinski definition) is 4. The Labute approximate surface area is 343 Å². The smallest absolute Gasteiger partial charge is 0.463 e. The molecule has 0 aromatic carbocycles. The lowest BCUT2D eigenvalue weighted by Crippen LogP contribution is -2.66. The molecule has 0 bridgehead atoms. The van der Waals surface area contributed by atoms with E-state index in [4.69, 9.17) is 33.7 Å². The number of hydrogen-bond acceptors (Lipinski definition) is 21. The number of nitrogens with one attached hydrogen (secondary N) is 2. The number of esters is 5. The Hall–Kier alpha value is -5.43. The van der Waals surface area contributed by atoms with E-state index in [0.29, 0.717) is 12.3 Å². The number of aromatic nitrogens is 2. The van der Waals surface area contributed by atoms with Gasteiger partial charge in [-0.15, -0.1) is 0 Å². The van der Waals surface area contributed by atoms with Gasteiger partial charge in [0.25, 0.3) is 5.56 Å².